The van der Waals surface area contributed by atoms with E-state index in [2.05, 4.69) is 19.2 Å². The minimum absolute atomic E-state index is 0.161. The number of rotatable bonds is 3. The Hall–Kier alpha value is -0.530. The van der Waals surface area contributed by atoms with E-state index in [-0.39, 0.29) is 11.8 Å². The van der Waals surface area contributed by atoms with Crippen LogP contribution < -0.4 is 5.32 Å². The molecule has 1 fully saturated rings. The predicted molar refractivity (Wildman–Crippen MR) is 53.4 cm³/mol. The first-order valence-corrected chi connectivity index (χ1v) is 5.41. The van der Waals surface area contributed by atoms with Crippen molar-refractivity contribution < 1.29 is 4.79 Å². The van der Waals surface area contributed by atoms with Crippen LogP contribution in [0.2, 0.25) is 0 Å². The van der Waals surface area contributed by atoms with Crippen molar-refractivity contribution in [3.05, 3.63) is 0 Å². The number of carbonyl (C=O) groups is 1. The summed E-state index contributed by atoms with van der Waals surface area (Å²) in [4.78, 5) is 11.5. The summed E-state index contributed by atoms with van der Waals surface area (Å²) in [5.41, 5.74) is 0. The van der Waals surface area contributed by atoms with E-state index in [1.165, 1.54) is 19.3 Å². The Morgan fingerprint density at radius 1 is 1.31 bits per heavy atom. The molecular weight excluding hydrogens is 162 g/mol. The lowest BCUT2D eigenvalue weighted by molar-refractivity contribution is -0.126. The maximum Gasteiger partial charge on any atom is 0.244 e. The molecule has 0 N–H and O–H groups in total. The van der Waals surface area contributed by atoms with Crippen molar-refractivity contribution in [2.45, 2.75) is 46.0 Å². The Bertz CT molecular complexity index is 159. The number of hydrogen-bond donors (Lipinski definition) is 0. The summed E-state index contributed by atoms with van der Waals surface area (Å²) in [5.74, 6) is 0.924. The van der Waals surface area contributed by atoms with Gasteiger partial charge in [0, 0.05) is 12.5 Å². The molecule has 2 heteroatoms. The second-order valence-corrected chi connectivity index (χ2v) is 4.41. The van der Waals surface area contributed by atoms with Gasteiger partial charge in [-0.2, -0.15) is 0 Å². The van der Waals surface area contributed by atoms with E-state index in [0.717, 1.165) is 12.8 Å². The molecule has 13 heavy (non-hydrogen) atoms. The summed E-state index contributed by atoms with van der Waals surface area (Å²) in [5, 5.41) is 4.11. The molecular formula is C11H20NO. The van der Waals surface area contributed by atoms with Crippen LogP contribution in [0.15, 0.2) is 0 Å². The highest BCUT2D eigenvalue weighted by atomic mass is 16.1. The van der Waals surface area contributed by atoms with Crippen LogP contribution in [0.4, 0.5) is 0 Å². The van der Waals surface area contributed by atoms with E-state index in [4.69, 9.17) is 0 Å². The van der Waals surface area contributed by atoms with Crippen molar-refractivity contribution in [2.24, 2.45) is 11.8 Å². The van der Waals surface area contributed by atoms with Crippen LogP contribution in [0.25, 0.3) is 0 Å². The van der Waals surface area contributed by atoms with Crippen molar-refractivity contribution >= 4 is 5.91 Å². The van der Waals surface area contributed by atoms with Crippen molar-refractivity contribution in [3.8, 4) is 0 Å². The molecule has 1 radical (unpaired) electrons. The Balaban J connectivity index is 2.21. The van der Waals surface area contributed by atoms with Crippen molar-refractivity contribution in [2.75, 3.05) is 6.54 Å². The number of hydrogen-bond acceptors (Lipinski definition) is 1. The molecule has 0 heterocycles. The Kier molecular flexibility index (Phi) is 4.26. The van der Waals surface area contributed by atoms with Gasteiger partial charge in [-0.05, 0) is 18.8 Å². The van der Waals surface area contributed by atoms with Gasteiger partial charge in [0.05, 0.1) is 0 Å². The van der Waals surface area contributed by atoms with Gasteiger partial charge in [-0.15, -0.1) is 0 Å². The van der Waals surface area contributed by atoms with Gasteiger partial charge in [-0.1, -0.05) is 33.1 Å². The minimum Gasteiger partial charge on any atom is -0.273 e. The molecule has 0 bridgehead atoms. The van der Waals surface area contributed by atoms with Crippen LogP contribution in [-0.2, 0) is 4.79 Å². The molecule has 0 aromatic carbocycles. The largest absolute Gasteiger partial charge is 0.273 e. The zero-order valence-electron chi connectivity index (χ0n) is 8.75. The van der Waals surface area contributed by atoms with Gasteiger partial charge in [0.1, 0.15) is 0 Å². The van der Waals surface area contributed by atoms with Gasteiger partial charge in [0.25, 0.3) is 0 Å². The summed E-state index contributed by atoms with van der Waals surface area (Å²) in [6.07, 6.45) is 5.87. The Morgan fingerprint density at radius 2 is 1.92 bits per heavy atom. The Morgan fingerprint density at radius 3 is 2.46 bits per heavy atom. The van der Waals surface area contributed by atoms with Crippen LogP contribution in [0, 0.1) is 11.8 Å². The molecule has 2 nitrogen and oxygen atoms in total. The molecule has 0 atom stereocenters. The van der Waals surface area contributed by atoms with E-state index in [1.54, 1.807) is 0 Å². The lowest BCUT2D eigenvalue weighted by Crippen LogP contribution is -2.28. The quantitative estimate of drug-likeness (QED) is 0.659. The Labute approximate surface area is 81.1 Å². The molecule has 1 saturated carbocycles. The molecule has 1 aliphatic rings. The van der Waals surface area contributed by atoms with Crippen molar-refractivity contribution in [1.29, 1.82) is 0 Å². The number of carbonyl (C=O) groups excluding carboxylic acids is 1. The number of nitrogens with zero attached hydrogens (tertiary/aromatic N) is 1. The highest BCUT2D eigenvalue weighted by Gasteiger charge is 2.21. The normalized spacial score (nSPS) is 19.0. The molecule has 0 spiro atoms. The zero-order chi connectivity index (χ0) is 9.68. The second-order valence-electron chi connectivity index (χ2n) is 4.41. The van der Waals surface area contributed by atoms with Gasteiger partial charge in [-0.25, -0.2) is 0 Å². The highest BCUT2D eigenvalue weighted by Crippen LogP contribution is 2.23. The summed E-state index contributed by atoms with van der Waals surface area (Å²) < 4.78 is 0. The highest BCUT2D eigenvalue weighted by molar-refractivity contribution is 5.78. The van der Waals surface area contributed by atoms with Gasteiger partial charge in [0.2, 0.25) is 5.91 Å². The van der Waals surface area contributed by atoms with Gasteiger partial charge in [0.15, 0.2) is 0 Å². The summed E-state index contributed by atoms with van der Waals surface area (Å²) in [7, 11) is 0. The smallest absolute Gasteiger partial charge is 0.244 e. The lowest BCUT2D eigenvalue weighted by atomic mass is 9.88. The standard InChI is InChI=1S/C11H20NO/c1-9(2)8-12-11(13)10-6-4-3-5-7-10/h9-10H,3-8H2,1-2H3. The SMILES string of the molecule is CC(C)C[N]C(=O)C1CCCCC1. The van der Waals surface area contributed by atoms with Crippen LogP contribution in [-0.4, -0.2) is 12.5 Å². The van der Waals surface area contributed by atoms with E-state index in [1.807, 2.05) is 0 Å². The van der Waals surface area contributed by atoms with E-state index < -0.39 is 0 Å². The average molecular weight is 182 g/mol. The van der Waals surface area contributed by atoms with Crippen LogP contribution >= 0.6 is 0 Å². The predicted octanol–water partition coefficient (Wildman–Crippen LogP) is 2.35. The van der Waals surface area contributed by atoms with Crippen molar-refractivity contribution in [3.63, 3.8) is 0 Å². The second kappa shape index (κ2) is 5.25. The topological polar surface area (TPSA) is 31.2 Å². The average Bonchev–Trinajstić information content (AvgIpc) is 2.15. The minimum atomic E-state index is 0.161. The molecule has 1 amide bonds. The van der Waals surface area contributed by atoms with Crippen LogP contribution in [0.5, 0.6) is 0 Å². The van der Waals surface area contributed by atoms with Crippen LogP contribution in [0.3, 0.4) is 0 Å². The molecule has 1 aliphatic carbocycles. The third-order valence-corrected chi connectivity index (χ3v) is 2.57. The molecule has 75 valence electrons. The van der Waals surface area contributed by atoms with Gasteiger partial charge >= 0.3 is 0 Å². The monoisotopic (exact) mass is 182 g/mol. The third-order valence-electron chi connectivity index (χ3n) is 2.57. The molecule has 1 rings (SSSR count). The first-order chi connectivity index (χ1) is 6.20. The van der Waals surface area contributed by atoms with E-state index in [9.17, 15) is 4.79 Å². The fourth-order valence-electron chi connectivity index (χ4n) is 1.75. The van der Waals surface area contributed by atoms with Gasteiger partial charge < -0.3 is 0 Å². The lowest BCUT2D eigenvalue weighted by Gasteiger charge is -2.19. The van der Waals surface area contributed by atoms with E-state index in [0.29, 0.717) is 12.5 Å². The van der Waals surface area contributed by atoms with E-state index >= 15 is 0 Å². The molecule has 0 aromatic rings. The van der Waals surface area contributed by atoms with Crippen LogP contribution in [0.1, 0.15) is 46.0 Å². The molecule has 0 saturated heterocycles. The van der Waals surface area contributed by atoms with Gasteiger partial charge in [-0.3, -0.25) is 10.1 Å². The maximum absolute atomic E-state index is 11.5. The molecule has 0 aliphatic heterocycles. The summed E-state index contributed by atoms with van der Waals surface area (Å²) >= 11 is 0. The maximum atomic E-state index is 11.5. The first kappa shape index (κ1) is 10.6. The third kappa shape index (κ3) is 3.79. The molecule has 0 aromatic heterocycles. The summed E-state index contributed by atoms with van der Waals surface area (Å²) in [6, 6.07) is 0. The zero-order valence-corrected chi connectivity index (χ0v) is 8.75. The fourth-order valence-corrected chi connectivity index (χ4v) is 1.75. The van der Waals surface area contributed by atoms with Crippen molar-refractivity contribution in [1.82, 2.24) is 5.32 Å². The summed E-state index contributed by atoms with van der Waals surface area (Å²) in [6.45, 7) is 4.89. The fraction of sp³-hybridized carbons (Fsp3) is 0.909. The number of amides is 1. The first-order valence-electron chi connectivity index (χ1n) is 5.41. The molecule has 0 unspecified atom stereocenters.